The van der Waals surface area contributed by atoms with Gasteiger partial charge in [0.05, 0.1) is 10.0 Å². The lowest BCUT2D eigenvalue weighted by Gasteiger charge is -2.06. The Morgan fingerprint density at radius 2 is 1.81 bits per heavy atom. The van der Waals surface area contributed by atoms with Crippen molar-refractivity contribution in [2.24, 2.45) is 0 Å². The summed E-state index contributed by atoms with van der Waals surface area (Å²) in [6.45, 7) is 0. The lowest BCUT2D eigenvalue weighted by molar-refractivity contribution is -0.115. The third-order valence-corrected chi connectivity index (χ3v) is 4.42. The molecule has 0 unspecified atom stereocenters. The van der Waals surface area contributed by atoms with Crippen LogP contribution in [-0.4, -0.2) is 11.7 Å². The third-order valence-electron chi connectivity index (χ3n) is 2.68. The number of anilines is 2. The van der Waals surface area contributed by atoms with Gasteiger partial charge in [-0.1, -0.05) is 23.2 Å². The predicted octanol–water partition coefficient (Wildman–Crippen LogP) is 4.70. The van der Waals surface area contributed by atoms with Gasteiger partial charge in [0.25, 0.3) is 0 Å². The largest absolute Gasteiger partial charge is 0.399 e. The molecule has 0 heterocycles. The zero-order valence-corrected chi connectivity index (χ0v) is 13.4. The fraction of sp³-hybridized carbons (Fsp3) is 0.133. The molecule has 0 bridgehead atoms. The first-order chi connectivity index (χ1) is 10.0. The van der Waals surface area contributed by atoms with E-state index in [4.69, 9.17) is 28.9 Å². The Morgan fingerprint density at radius 1 is 1.10 bits per heavy atom. The predicted molar refractivity (Wildman–Crippen MR) is 91.3 cm³/mol. The minimum absolute atomic E-state index is 0.0349. The molecule has 0 spiro atoms. The SMILES string of the molecule is Nc1ccc(NC(=O)CCSc2ccc(Cl)c(Cl)c2)cc1. The van der Waals surface area contributed by atoms with Crippen LogP contribution in [0.2, 0.25) is 10.0 Å². The first-order valence-corrected chi connectivity index (χ1v) is 8.02. The molecule has 3 nitrogen and oxygen atoms in total. The van der Waals surface area contributed by atoms with Gasteiger partial charge < -0.3 is 11.1 Å². The number of hydrogen-bond donors (Lipinski definition) is 2. The lowest BCUT2D eigenvalue weighted by Crippen LogP contribution is -2.12. The number of nitrogens with two attached hydrogens (primary N) is 1. The molecule has 2 aromatic rings. The number of amides is 1. The number of carbonyl (C=O) groups excluding carboxylic acids is 1. The van der Waals surface area contributed by atoms with Crippen LogP contribution < -0.4 is 11.1 Å². The molecule has 0 saturated heterocycles. The summed E-state index contributed by atoms with van der Waals surface area (Å²) in [5.41, 5.74) is 7.00. The van der Waals surface area contributed by atoms with Gasteiger partial charge in [-0.3, -0.25) is 4.79 Å². The van der Waals surface area contributed by atoms with E-state index in [1.54, 1.807) is 48.2 Å². The molecule has 0 aliphatic carbocycles. The first-order valence-electron chi connectivity index (χ1n) is 6.28. The van der Waals surface area contributed by atoms with Crippen molar-refractivity contribution >= 4 is 52.2 Å². The zero-order chi connectivity index (χ0) is 15.2. The third kappa shape index (κ3) is 5.16. The van der Waals surface area contributed by atoms with Crippen molar-refractivity contribution < 1.29 is 4.79 Å². The van der Waals surface area contributed by atoms with Crippen LogP contribution in [0.15, 0.2) is 47.4 Å². The Bertz CT molecular complexity index is 632. The van der Waals surface area contributed by atoms with Crippen molar-refractivity contribution in [3.05, 3.63) is 52.5 Å². The summed E-state index contributed by atoms with van der Waals surface area (Å²) >= 11 is 13.4. The molecule has 0 aliphatic heterocycles. The van der Waals surface area contributed by atoms with Crippen molar-refractivity contribution in [2.45, 2.75) is 11.3 Å². The second kappa shape index (κ2) is 7.59. The second-order valence-electron chi connectivity index (χ2n) is 4.34. The number of hydrogen-bond acceptors (Lipinski definition) is 3. The molecule has 2 rings (SSSR count). The fourth-order valence-corrected chi connectivity index (χ4v) is 2.87. The van der Waals surface area contributed by atoms with Crippen LogP contribution in [0.5, 0.6) is 0 Å². The molecule has 0 aliphatic rings. The molecule has 6 heteroatoms. The number of carbonyl (C=O) groups is 1. The quantitative estimate of drug-likeness (QED) is 0.612. The summed E-state index contributed by atoms with van der Waals surface area (Å²) in [4.78, 5) is 12.8. The summed E-state index contributed by atoms with van der Waals surface area (Å²) < 4.78 is 0. The first kappa shape index (κ1) is 16.0. The normalized spacial score (nSPS) is 10.4. The van der Waals surface area contributed by atoms with Crippen LogP contribution in [0.4, 0.5) is 11.4 Å². The Morgan fingerprint density at radius 3 is 2.48 bits per heavy atom. The molecule has 0 fully saturated rings. The van der Waals surface area contributed by atoms with E-state index in [1.807, 2.05) is 6.07 Å². The van der Waals surface area contributed by atoms with Crippen molar-refractivity contribution in [3.8, 4) is 0 Å². The minimum Gasteiger partial charge on any atom is -0.399 e. The van der Waals surface area contributed by atoms with E-state index in [1.165, 1.54) is 0 Å². The number of thioether (sulfide) groups is 1. The second-order valence-corrected chi connectivity index (χ2v) is 6.33. The number of nitrogen functional groups attached to an aromatic ring is 1. The van der Waals surface area contributed by atoms with Crippen LogP contribution >= 0.6 is 35.0 Å². The molecule has 0 radical (unpaired) electrons. The van der Waals surface area contributed by atoms with E-state index >= 15 is 0 Å². The van der Waals surface area contributed by atoms with Gasteiger partial charge in [0.2, 0.25) is 5.91 Å². The highest BCUT2D eigenvalue weighted by molar-refractivity contribution is 7.99. The molecular weight excluding hydrogens is 327 g/mol. The van der Waals surface area contributed by atoms with Crippen LogP contribution in [0.3, 0.4) is 0 Å². The summed E-state index contributed by atoms with van der Waals surface area (Å²) in [7, 11) is 0. The molecule has 0 aromatic heterocycles. The van der Waals surface area contributed by atoms with Crippen LogP contribution in [0.25, 0.3) is 0 Å². The van der Waals surface area contributed by atoms with E-state index < -0.39 is 0 Å². The maximum absolute atomic E-state index is 11.8. The molecule has 3 N–H and O–H groups in total. The highest BCUT2D eigenvalue weighted by Gasteiger charge is 2.04. The molecule has 0 saturated carbocycles. The van der Waals surface area contributed by atoms with Gasteiger partial charge in [0.15, 0.2) is 0 Å². The summed E-state index contributed by atoms with van der Waals surface area (Å²) in [6, 6.07) is 12.5. The Hall–Kier alpha value is -1.36. The summed E-state index contributed by atoms with van der Waals surface area (Å²) in [6.07, 6.45) is 0.412. The van der Waals surface area contributed by atoms with Crippen molar-refractivity contribution in [2.75, 3.05) is 16.8 Å². The van der Waals surface area contributed by atoms with Gasteiger partial charge in [-0.15, -0.1) is 11.8 Å². The topological polar surface area (TPSA) is 55.1 Å². The number of halogens is 2. The van der Waals surface area contributed by atoms with Crippen LogP contribution in [-0.2, 0) is 4.79 Å². The fourth-order valence-electron chi connectivity index (χ4n) is 1.62. The molecule has 2 aromatic carbocycles. The van der Waals surface area contributed by atoms with E-state index in [0.29, 0.717) is 27.9 Å². The van der Waals surface area contributed by atoms with Crippen molar-refractivity contribution in [1.82, 2.24) is 0 Å². The maximum atomic E-state index is 11.8. The standard InChI is InChI=1S/C15H14Cl2N2OS/c16-13-6-5-12(9-14(13)17)21-8-7-15(20)19-11-3-1-10(18)2-4-11/h1-6,9H,7-8,18H2,(H,19,20). The number of nitrogens with one attached hydrogen (secondary N) is 1. The van der Waals surface area contributed by atoms with Gasteiger partial charge in [-0.05, 0) is 42.5 Å². The Kier molecular flexibility index (Phi) is 5.79. The van der Waals surface area contributed by atoms with E-state index in [-0.39, 0.29) is 5.91 Å². The van der Waals surface area contributed by atoms with Gasteiger partial charge in [-0.2, -0.15) is 0 Å². The molecule has 0 atom stereocenters. The van der Waals surface area contributed by atoms with Gasteiger partial charge in [0, 0.05) is 28.4 Å². The van der Waals surface area contributed by atoms with Crippen molar-refractivity contribution in [1.29, 1.82) is 0 Å². The maximum Gasteiger partial charge on any atom is 0.225 e. The Labute approximate surface area is 137 Å². The summed E-state index contributed by atoms with van der Waals surface area (Å²) in [5, 5.41) is 3.87. The van der Waals surface area contributed by atoms with E-state index in [9.17, 15) is 4.79 Å². The van der Waals surface area contributed by atoms with Crippen LogP contribution in [0, 0.1) is 0 Å². The smallest absolute Gasteiger partial charge is 0.225 e. The average Bonchev–Trinajstić information content (AvgIpc) is 2.45. The van der Waals surface area contributed by atoms with Crippen LogP contribution in [0.1, 0.15) is 6.42 Å². The Balaban J connectivity index is 1.78. The summed E-state index contributed by atoms with van der Waals surface area (Å²) in [5.74, 6) is 0.631. The lowest BCUT2D eigenvalue weighted by atomic mass is 10.3. The van der Waals surface area contributed by atoms with Gasteiger partial charge >= 0.3 is 0 Å². The van der Waals surface area contributed by atoms with E-state index in [0.717, 1.165) is 10.6 Å². The highest BCUT2D eigenvalue weighted by Crippen LogP contribution is 2.28. The molecule has 1 amide bonds. The van der Waals surface area contributed by atoms with Gasteiger partial charge in [0.1, 0.15) is 0 Å². The molecule has 21 heavy (non-hydrogen) atoms. The highest BCUT2D eigenvalue weighted by atomic mass is 35.5. The average molecular weight is 341 g/mol. The van der Waals surface area contributed by atoms with Gasteiger partial charge in [-0.25, -0.2) is 0 Å². The molecule has 110 valence electrons. The number of rotatable bonds is 5. The monoisotopic (exact) mass is 340 g/mol. The zero-order valence-electron chi connectivity index (χ0n) is 11.1. The number of benzene rings is 2. The van der Waals surface area contributed by atoms with Crippen molar-refractivity contribution in [3.63, 3.8) is 0 Å². The molecular formula is C15H14Cl2N2OS. The minimum atomic E-state index is -0.0349. The van der Waals surface area contributed by atoms with E-state index in [2.05, 4.69) is 5.32 Å².